The first-order valence-electron chi connectivity index (χ1n) is 11.3. The molecular formula is C26H39BO. The summed E-state index contributed by atoms with van der Waals surface area (Å²) in [6.45, 7) is 4.37. The van der Waals surface area contributed by atoms with Gasteiger partial charge in [0.2, 0.25) is 6.71 Å². The lowest BCUT2D eigenvalue weighted by molar-refractivity contribution is -0.112. The molecule has 0 aliphatic heterocycles. The van der Waals surface area contributed by atoms with Crippen molar-refractivity contribution in [3.63, 3.8) is 0 Å². The van der Waals surface area contributed by atoms with Gasteiger partial charge in [-0.3, -0.25) is 0 Å². The number of unbranched alkanes of at least 4 members (excludes halogenated alkanes) is 5. The first kappa shape index (κ1) is 24.2. The van der Waals surface area contributed by atoms with E-state index in [-0.39, 0.29) is 6.71 Å². The topological polar surface area (TPSA) is 17.1 Å². The van der Waals surface area contributed by atoms with E-state index in [4.69, 9.17) is 0 Å². The number of hydrogen-bond acceptors (Lipinski definition) is 1. The summed E-state index contributed by atoms with van der Waals surface area (Å²) in [6.07, 6.45) is 25.5. The van der Waals surface area contributed by atoms with E-state index in [1.54, 1.807) is 0 Å². The molecule has 0 bridgehead atoms. The van der Waals surface area contributed by atoms with Gasteiger partial charge in [-0.2, -0.15) is 0 Å². The normalized spacial score (nSPS) is 11.8. The van der Waals surface area contributed by atoms with Crippen molar-refractivity contribution in [2.45, 2.75) is 84.3 Å². The van der Waals surface area contributed by atoms with Crippen molar-refractivity contribution < 1.29 is 4.79 Å². The monoisotopic (exact) mass is 378 g/mol. The van der Waals surface area contributed by atoms with E-state index in [0.717, 1.165) is 38.4 Å². The summed E-state index contributed by atoms with van der Waals surface area (Å²) in [4.78, 5) is 12.3. The van der Waals surface area contributed by atoms with Crippen LogP contribution in [0, 0.1) is 0 Å². The molecule has 0 unspecified atom stereocenters. The van der Waals surface area contributed by atoms with Crippen LogP contribution in [-0.4, -0.2) is 12.4 Å². The molecule has 0 atom stereocenters. The Hall–Kier alpha value is -1.83. The molecule has 0 heterocycles. The van der Waals surface area contributed by atoms with Gasteiger partial charge in [0.05, 0.1) is 5.68 Å². The molecule has 1 aromatic rings. The maximum atomic E-state index is 12.3. The molecular weight excluding hydrogens is 339 g/mol. The maximum Gasteiger partial charge on any atom is 0.224 e. The second kappa shape index (κ2) is 17.3. The zero-order valence-corrected chi connectivity index (χ0v) is 18.1. The highest BCUT2D eigenvalue weighted by Crippen LogP contribution is 2.10. The Labute approximate surface area is 174 Å². The van der Waals surface area contributed by atoms with Crippen LogP contribution < -0.4 is 0 Å². The first-order chi connectivity index (χ1) is 13.7. The zero-order valence-electron chi connectivity index (χ0n) is 18.1. The van der Waals surface area contributed by atoms with E-state index in [1.165, 1.54) is 37.7 Å². The lowest BCUT2D eigenvalue weighted by Crippen LogP contribution is -2.25. The lowest BCUT2D eigenvalue weighted by atomic mass is 9.44. The predicted octanol–water partition coefficient (Wildman–Crippen LogP) is 7.59. The molecule has 0 saturated heterocycles. The largest absolute Gasteiger partial charge is 0.311 e. The van der Waals surface area contributed by atoms with Crippen LogP contribution in [-0.2, 0) is 11.1 Å². The van der Waals surface area contributed by atoms with Crippen LogP contribution in [0.3, 0.4) is 0 Å². The highest BCUT2D eigenvalue weighted by Gasteiger charge is 2.17. The van der Waals surface area contributed by atoms with Gasteiger partial charge in [0.15, 0.2) is 0 Å². The number of hydrogen-bond donors (Lipinski definition) is 0. The van der Waals surface area contributed by atoms with E-state index in [2.05, 4.69) is 62.3 Å². The fourth-order valence-corrected chi connectivity index (χ4v) is 3.25. The average Bonchev–Trinajstić information content (AvgIpc) is 2.71. The van der Waals surface area contributed by atoms with Gasteiger partial charge < -0.3 is 4.79 Å². The summed E-state index contributed by atoms with van der Waals surface area (Å²) in [5, 5.41) is 0. The summed E-state index contributed by atoms with van der Waals surface area (Å²) in [7, 11) is 0. The molecule has 0 aliphatic carbocycles. The zero-order chi connectivity index (χ0) is 20.3. The highest BCUT2D eigenvalue weighted by atomic mass is 16.1. The molecule has 0 aliphatic rings. The van der Waals surface area contributed by atoms with Crippen molar-refractivity contribution in [3.05, 3.63) is 72.4 Å². The standard InChI is InChI=1S/C26H39BO/c1-3-4-5-6-7-8-9-10-11-12-13-14-15-16-20-23-26(28)27(2)24-25-21-18-17-19-22-25/h4-5,7-8,10-11,17-19,21-22H,3,6,9,12-16,20,23-24H2,1-2H3/b5-4-,8-7-,11-10-. The third-order valence-electron chi connectivity index (χ3n) is 5.01. The minimum atomic E-state index is 0.143. The van der Waals surface area contributed by atoms with Gasteiger partial charge in [0.25, 0.3) is 0 Å². The van der Waals surface area contributed by atoms with Gasteiger partial charge in [-0.1, -0.05) is 105 Å². The first-order valence-corrected chi connectivity index (χ1v) is 11.3. The van der Waals surface area contributed by atoms with Crippen molar-refractivity contribution in [3.8, 4) is 0 Å². The Morgan fingerprint density at radius 1 is 0.821 bits per heavy atom. The van der Waals surface area contributed by atoms with E-state index in [1.807, 2.05) is 18.2 Å². The molecule has 1 aromatic carbocycles. The fraction of sp³-hybridized carbons (Fsp3) is 0.500. The van der Waals surface area contributed by atoms with Crippen LogP contribution in [0.25, 0.3) is 0 Å². The Morgan fingerprint density at radius 2 is 1.43 bits per heavy atom. The van der Waals surface area contributed by atoms with Crippen LogP contribution in [0.5, 0.6) is 0 Å². The number of allylic oxidation sites excluding steroid dienone is 6. The second-order valence-corrected chi connectivity index (χ2v) is 7.66. The smallest absolute Gasteiger partial charge is 0.224 e. The molecule has 28 heavy (non-hydrogen) atoms. The molecule has 1 rings (SSSR count). The van der Waals surface area contributed by atoms with E-state index < -0.39 is 0 Å². The van der Waals surface area contributed by atoms with Gasteiger partial charge in [-0.15, -0.1) is 0 Å². The van der Waals surface area contributed by atoms with Crippen molar-refractivity contribution in [2.75, 3.05) is 0 Å². The molecule has 2 heteroatoms. The van der Waals surface area contributed by atoms with Crippen molar-refractivity contribution in [1.82, 2.24) is 0 Å². The molecule has 0 spiro atoms. The summed E-state index contributed by atoms with van der Waals surface area (Å²) >= 11 is 0. The quantitative estimate of drug-likeness (QED) is 0.164. The summed E-state index contributed by atoms with van der Waals surface area (Å²) in [6, 6.07) is 10.3. The lowest BCUT2D eigenvalue weighted by Gasteiger charge is -2.07. The molecule has 0 amide bonds. The number of benzene rings is 1. The minimum Gasteiger partial charge on any atom is -0.311 e. The Kier molecular flexibility index (Phi) is 14.9. The van der Waals surface area contributed by atoms with Crippen LogP contribution in [0.2, 0.25) is 6.82 Å². The van der Waals surface area contributed by atoms with Crippen LogP contribution in [0.1, 0.15) is 76.7 Å². The molecule has 152 valence electrons. The SMILES string of the molecule is CC/C=C\C/C=C\C/C=C\CCCCCCCC(=O)B(C)Cc1ccccc1. The van der Waals surface area contributed by atoms with Crippen molar-refractivity contribution in [2.24, 2.45) is 0 Å². The maximum absolute atomic E-state index is 12.3. The number of carbonyl (C=O) groups is 1. The molecule has 0 saturated carbocycles. The van der Waals surface area contributed by atoms with Gasteiger partial charge in [0.1, 0.15) is 0 Å². The van der Waals surface area contributed by atoms with Gasteiger partial charge in [0, 0.05) is 0 Å². The minimum absolute atomic E-state index is 0.143. The number of carbonyl (C=O) groups excluding carboxylic acids is 1. The molecule has 1 nitrogen and oxygen atoms in total. The average molecular weight is 378 g/mol. The van der Waals surface area contributed by atoms with Crippen molar-refractivity contribution in [1.29, 1.82) is 0 Å². The number of rotatable bonds is 16. The third kappa shape index (κ3) is 13.4. The summed E-state index contributed by atoms with van der Waals surface area (Å²) in [5.41, 5.74) is 1.69. The molecule has 0 N–H and O–H groups in total. The van der Waals surface area contributed by atoms with E-state index in [9.17, 15) is 4.79 Å². The Morgan fingerprint density at radius 3 is 2.14 bits per heavy atom. The fourth-order valence-electron chi connectivity index (χ4n) is 3.25. The van der Waals surface area contributed by atoms with Gasteiger partial charge >= 0.3 is 0 Å². The molecule has 0 aromatic heterocycles. The summed E-state index contributed by atoms with van der Waals surface area (Å²) < 4.78 is 0. The van der Waals surface area contributed by atoms with Crippen LogP contribution in [0.15, 0.2) is 66.8 Å². The third-order valence-corrected chi connectivity index (χ3v) is 5.01. The Bertz CT molecular complexity index is 586. The van der Waals surface area contributed by atoms with Crippen LogP contribution >= 0.6 is 0 Å². The van der Waals surface area contributed by atoms with Crippen molar-refractivity contribution >= 4 is 12.4 Å². The molecule has 0 radical (unpaired) electrons. The van der Waals surface area contributed by atoms with Gasteiger partial charge in [-0.25, -0.2) is 0 Å². The predicted molar refractivity (Wildman–Crippen MR) is 126 cm³/mol. The van der Waals surface area contributed by atoms with Crippen LogP contribution in [0.4, 0.5) is 0 Å². The summed E-state index contributed by atoms with van der Waals surface area (Å²) in [5.74, 6) is 0. The van der Waals surface area contributed by atoms with E-state index >= 15 is 0 Å². The second-order valence-electron chi connectivity index (χ2n) is 7.66. The molecule has 0 fully saturated rings. The highest BCUT2D eigenvalue weighted by molar-refractivity contribution is 6.88. The van der Waals surface area contributed by atoms with Gasteiger partial charge in [-0.05, 0) is 51.3 Å². The van der Waals surface area contributed by atoms with E-state index in [0.29, 0.717) is 5.68 Å². The Balaban J connectivity index is 1.95.